The van der Waals surface area contributed by atoms with Crippen molar-refractivity contribution < 1.29 is 4.79 Å². The zero-order chi connectivity index (χ0) is 11.3. The van der Waals surface area contributed by atoms with Gasteiger partial charge in [-0.3, -0.25) is 4.98 Å². The lowest BCUT2D eigenvalue weighted by atomic mass is 10.3. The Balaban J connectivity index is 2.80. The number of nitrogens with zero attached hydrogens (tertiary/aromatic N) is 3. The van der Waals surface area contributed by atoms with Crippen LogP contribution in [-0.2, 0) is 0 Å². The Bertz CT molecular complexity index is 361. The summed E-state index contributed by atoms with van der Waals surface area (Å²) < 4.78 is 0. The average molecular weight is 206 g/mol. The Hall–Kier alpha value is -1.91. The second-order valence-corrected chi connectivity index (χ2v) is 2.98. The van der Waals surface area contributed by atoms with Gasteiger partial charge in [-0.05, 0) is 19.1 Å². The number of hydrazone groups is 1. The fourth-order valence-corrected chi connectivity index (χ4v) is 1.06. The van der Waals surface area contributed by atoms with E-state index in [1.54, 1.807) is 20.3 Å². The topological polar surface area (TPSA) is 57.6 Å². The largest absolute Gasteiger partial charge is 0.340 e. The minimum atomic E-state index is -0.259. The second kappa shape index (κ2) is 5.09. The van der Waals surface area contributed by atoms with Gasteiger partial charge in [-0.2, -0.15) is 5.10 Å². The van der Waals surface area contributed by atoms with Crippen molar-refractivity contribution in [2.75, 3.05) is 14.1 Å². The molecule has 5 heteroatoms. The van der Waals surface area contributed by atoms with Crippen molar-refractivity contribution in [2.45, 2.75) is 6.92 Å². The fourth-order valence-electron chi connectivity index (χ4n) is 1.06. The van der Waals surface area contributed by atoms with Gasteiger partial charge in [0.1, 0.15) is 0 Å². The van der Waals surface area contributed by atoms with Crippen LogP contribution in [-0.4, -0.2) is 35.8 Å². The van der Waals surface area contributed by atoms with Gasteiger partial charge in [0.2, 0.25) is 0 Å². The van der Waals surface area contributed by atoms with Gasteiger partial charge in [0.25, 0.3) is 0 Å². The van der Waals surface area contributed by atoms with E-state index in [0.717, 1.165) is 5.69 Å². The number of pyridine rings is 1. The number of nitrogens with one attached hydrogen (secondary N) is 1. The number of rotatable bonds is 2. The molecule has 0 unspecified atom stereocenters. The predicted molar refractivity (Wildman–Crippen MR) is 58.7 cm³/mol. The van der Waals surface area contributed by atoms with Crippen LogP contribution in [0.15, 0.2) is 29.5 Å². The van der Waals surface area contributed by atoms with Crippen molar-refractivity contribution in [1.82, 2.24) is 15.3 Å². The maximum atomic E-state index is 11.2. The highest BCUT2D eigenvalue weighted by atomic mass is 16.2. The van der Waals surface area contributed by atoms with E-state index in [1.807, 2.05) is 25.1 Å². The van der Waals surface area contributed by atoms with Crippen LogP contribution >= 0.6 is 0 Å². The van der Waals surface area contributed by atoms with Crippen LogP contribution in [0.2, 0.25) is 0 Å². The van der Waals surface area contributed by atoms with Crippen molar-refractivity contribution >= 4 is 11.7 Å². The minimum absolute atomic E-state index is 0.259. The molecule has 0 aliphatic rings. The Labute approximate surface area is 88.8 Å². The third-order valence-electron chi connectivity index (χ3n) is 1.84. The van der Waals surface area contributed by atoms with E-state index in [1.165, 1.54) is 5.01 Å². The first kappa shape index (κ1) is 11.2. The second-order valence-electron chi connectivity index (χ2n) is 2.98. The average Bonchev–Trinajstić information content (AvgIpc) is 2.29. The van der Waals surface area contributed by atoms with E-state index in [0.29, 0.717) is 5.71 Å². The number of urea groups is 1. The predicted octanol–water partition coefficient (Wildman–Crippen LogP) is 1.08. The first-order valence-corrected chi connectivity index (χ1v) is 4.57. The zero-order valence-corrected chi connectivity index (χ0v) is 9.06. The molecule has 0 fully saturated rings. The molecule has 1 rings (SSSR count). The highest BCUT2D eigenvalue weighted by molar-refractivity contribution is 5.97. The highest BCUT2D eigenvalue weighted by Gasteiger charge is 2.05. The zero-order valence-electron chi connectivity index (χ0n) is 9.06. The van der Waals surface area contributed by atoms with Gasteiger partial charge in [0.15, 0.2) is 0 Å². The monoisotopic (exact) mass is 206 g/mol. The molecule has 0 aromatic carbocycles. The summed E-state index contributed by atoms with van der Waals surface area (Å²) in [6, 6.07) is 5.29. The first-order valence-electron chi connectivity index (χ1n) is 4.57. The lowest BCUT2D eigenvalue weighted by molar-refractivity contribution is 0.213. The van der Waals surface area contributed by atoms with E-state index in [2.05, 4.69) is 15.4 Å². The molecule has 0 atom stereocenters. The molecule has 5 nitrogen and oxygen atoms in total. The van der Waals surface area contributed by atoms with E-state index >= 15 is 0 Å². The third-order valence-corrected chi connectivity index (χ3v) is 1.84. The molecule has 1 aromatic heterocycles. The molecule has 0 saturated carbocycles. The molecule has 0 radical (unpaired) electrons. The molecule has 15 heavy (non-hydrogen) atoms. The quantitative estimate of drug-likeness (QED) is 0.581. The summed E-state index contributed by atoms with van der Waals surface area (Å²) in [4.78, 5) is 15.3. The summed E-state index contributed by atoms with van der Waals surface area (Å²) in [6.45, 7) is 1.81. The van der Waals surface area contributed by atoms with Gasteiger partial charge in [0.05, 0.1) is 11.4 Å². The number of carbonyl (C=O) groups is 1. The molecule has 1 heterocycles. The lowest BCUT2D eigenvalue weighted by Gasteiger charge is -2.11. The molecule has 0 spiro atoms. The SMILES string of the molecule is CNC(=O)N(C)N=C(C)c1ccccn1. The van der Waals surface area contributed by atoms with Crippen molar-refractivity contribution in [1.29, 1.82) is 0 Å². The van der Waals surface area contributed by atoms with E-state index < -0.39 is 0 Å². The van der Waals surface area contributed by atoms with Crippen LogP contribution in [0.1, 0.15) is 12.6 Å². The van der Waals surface area contributed by atoms with E-state index in [9.17, 15) is 4.79 Å². The van der Waals surface area contributed by atoms with Crippen LogP contribution in [0, 0.1) is 0 Å². The number of hydrogen-bond donors (Lipinski definition) is 1. The summed E-state index contributed by atoms with van der Waals surface area (Å²) in [5, 5.41) is 7.81. The molecule has 0 aliphatic carbocycles. The van der Waals surface area contributed by atoms with Crippen LogP contribution in [0.25, 0.3) is 0 Å². The number of aromatic nitrogens is 1. The van der Waals surface area contributed by atoms with Crippen molar-refractivity contribution in [3.8, 4) is 0 Å². The molecule has 0 aliphatic heterocycles. The summed E-state index contributed by atoms with van der Waals surface area (Å²) >= 11 is 0. The van der Waals surface area contributed by atoms with Gasteiger partial charge in [-0.25, -0.2) is 9.80 Å². The van der Waals surface area contributed by atoms with E-state index in [4.69, 9.17) is 0 Å². The van der Waals surface area contributed by atoms with Crippen LogP contribution < -0.4 is 5.32 Å². The molecule has 1 aromatic rings. The molecular formula is C10H14N4O. The number of amides is 2. The smallest absolute Gasteiger partial charge is 0.337 e. The summed E-state index contributed by atoms with van der Waals surface area (Å²) in [5.74, 6) is 0. The minimum Gasteiger partial charge on any atom is -0.340 e. The summed E-state index contributed by atoms with van der Waals surface area (Å²) in [5.41, 5.74) is 1.45. The van der Waals surface area contributed by atoms with Crippen LogP contribution in [0.5, 0.6) is 0 Å². The molecule has 2 amide bonds. The number of carbonyl (C=O) groups excluding carboxylic acids is 1. The highest BCUT2D eigenvalue weighted by Crippen LogP contribution is 1.98. The van der Waals surface area contributed by atoms with Crippen molar-refractivity contribution in [3.05, 3.63) is 30.1 Å². The Morgan fingerprint density at radius 3 is 2.80 bits per heavy atom. The standard InChI is InChI=1S/C10H14N4O/c1-8(9-6-4-5-7-12-9)13-14(3)10(15)11-2/h4-7H,1-3H3,(H,11,15). The van der Waals surface area contributed by atoms with Crippen molar-refractivity contribution in [2.24, 2.45) is 5.10 Å². The van der Waals surface area contributed by atoms with Crippen LogP contribution in [0.4, 0.5) is 4.79 Å². The normalized spacial score (nSPS) is 11.0. The molecular weight excluding hydrogens is 192 g/mol. The molecule has 0 bridgehead atoms. The molecule has 0 saturated heterocycles. The summed E-state index contributed by atoms with van der Waals surface area (Å²) in [6.07, 6.45) is 1.69. The number of hydrogen-bond acceptors (Lipinski definition) is 3. The Kier molecular flexibility index (Phi) is 3.79. The van der Waals surface area contributed by atoms with Gasteiger partial charge in [0, 0.05) is 20.3 Å². The fraction of sp³-hybridized carbons (Fsp3) is 0.300. The summed E-state index contributed by atoms with van der Waals surface area (Å²) in [7, 11) is 3.15. The van der Waals surface area contributed by atoms with E-state index in [-0.39, 0.29) is 6.03 Å². The maximum Gasteiger partial charge on any atom is 0.337 e. The third kappa shape index (κ3) is 3.05. The van der Waals surface area contributed by atoms with Gasteiger partial charge in [-0.1, -0.05) is 6.07 Å². The Morgan fingerprint density at radius 1 is 1.53 bits per heavy atom. The Morgan fingerprint density at radius 2 is 2.27 bits per heavy atom. The van der Waals surface area contributed by atoms with Crippen LogP contribution in [0.3, 0.4) is 0 Å². The van der Waals surface area contributed by atoms with Gasteiger partial charge in [-0.15, -0.1) is 0 Å². The first-order chi connectivity index (χ1) is 7.15. The molecule has 1 N–H and O–H groups in total. The van der Waals surface area contributed by atoms with Gasteiger partial charge >= 0.3 is 6.03 Å². The lowest BCUT2D eigenvalue weighted by Crippen LogP contribution is -2.31. The van der Waals surface area contributed by atoms with Gasteiger partial charge < -0.3 is 5.32 Å². The van der Waals surface area contributed by atoms with Crippen molar-refractivity contribution in [3.63, 3.8) is 0 Å². The molecule has 80 valence electrons. The maximum absolute atomic E-state index is 11.2.